The number of ether oxygens (including phenoxy) is 1. The van der Waals surface area contributed by atoms with E-state index in [1.807, 2.05) is 0 Å². The van der Waals surface area contributed by atoms with Gasteiger partial charge in [-0.2, -0.15) is 0 Å². The van der Waals surface area contributed by atoms with Crippen molar-refractivity contribution in [1.29, 1.82) is 0 Å². The Kier molecular flexibility index (Phi) is 3.08. The fourth-order valence-electron chi connectivity index (χ4n) is 1.34. The van der Waals surface area contributed by atoms with Crippen LogP contribution in [-0.4, -0.2) is 18.1 Å². The highest BCUT2D eigenvalue weighted by molar-refractivity contribution is 5.81. The molecule has 1 atom stereocenters. The third-order valence-electron chi connectivity index (χ3n) is 2.40. The summed E-state index contributed by atoms with van der Waals surface area (Å²) in [6.07, 6.45) is 1.49. The number of rotatable bonds is 4. The number of carbonyl (C=O) groups excluding carboxylic acids is 1. The van der Waals surface area contributed by atoms with Crippen molar-refractivity contribution in [3.63, 3.8) is 0 Å². The highest BCUT2D eigenvalue weighted by atomic mass is 19.1. The fraction of sp³-hybridized carbons (Fsp3) is 0.417. The van der Waals surface area contributed by atoms with E-state index < -0.39 is 6.10 Å². The predicted molar refractivity (Wildman–Crippen MR) is 57.7 cm³/mol. The summed E-state index contributed by atoms with van der Waals surface area (Å²) in [4.78, 5) is 11.6. The molecule has 0 aliphatic heterocycles. The molecule has 0 heterocycles. The van der Waals surface area contributed by atoms with Crippen LogP contribution in [0, 0.1) is 5.82 Å². The molecular weight excluding hydrogens is 209 g/mol. The maximum Gasteiger partial charge on any atom is 0.260 e. The average Bonchev–Trinajstić information content (AvgIpc) is 3.01. The largest absolute Gasteiger partial charge is 0.481 e. The molecule has 0 bridgehead atoms. The van der Waals surface area contributed by atoms with Gasteiger partial charge >= 0.3 is 0 Å². The molecule has 1 aromatic carbocycles. The molecule has 0 spiro atoms. The summed E-state index contributed by atoms with van der Waals surface area (Å²) in [5.41, 5.74) is 0. The molecule has 86 valence electrons. The lowest BCUT2D eigenvalue weighted by Crippen LogP contribution is -2.37. The van der Waals surface area contributed by atoms with Crippen LogP contribution >= 0.6 is 0 Å². The first-order valence-electron chi connectivity index (χ1n) is 5.38. The van der Waals surface area contributed by atoms with Crippen LogP contribution < -0.4 is 10.1 Å². The van der Waals surface area contributed by atoms with Gasteiger partial charge in [0.25, 0.3) is 5.91 Å². The Morgan fingerprint density at radius 1 is 1.56 bits per heavy atom. The average molecular weight is 223 g/mol. The van der Waals surface area contributed by atoms with Gasteiger partial charge in [-0.3, -0.25) is 4.79 Å². The van der Waals surface area contributed by atoms with E-state index >= 15 is 0 Å². The van der Waals surface area contributed by atoms with Gasteiger partial charge in [0.15, 0.2) is 6.10 Å². The Bertz CT molecular complexity index is 390. The van der Waals surface area contributed by atoms with E-state index in [0.29, 0.717) is 11.8 Å². The van der Waals surface area contributed by atoms with E-state index in [9.17, 15) is 9.18 Å². The molecule has 1 aromatic rings. The topological polar surface area (TPSA) is 38.3 Å². The lowest BCUT2D eigenvalue weighted by atomic mass is 10.3. The number of hydrogen-bond acceptors (Lipinski definition) is 2. The minimum atomic E-state index is -0.595. The first-order chi connectivity index (χ1) is 7.65. The van der Waals surface area contributed by atoms with Crippen molar-refractivity contribution in [2.24, 2.45) is 0 Å². The van der Waals surface area contributed by atoms with Crippen LogP contribution in [-0.2, 0) is 4.79 Å². The van der Waals surface area contributed by atoms with Crippen molar-refractivity contribution in [3.05, 3.63) is 30.1 Å². The zero-order valence-electron chi connectivity index (χ0n) is 9.07. The summed E-state index contributed by atoms with van der Waals surface area (Å²) in [7, 11) is 0. The van der Waals surface area contributed by atoms with Crippen LogP contribution in [0.2, 0.25) is 0 Å². The van der Waals surface area contributed by atoms with Crippen molar-refractivity contribution < 1.29 is 13.9 Å². The summed E-state index contributed by atoms with van der Waals surface area (Å²) in [5.74, 6) is -0.141. The summed E-state index contributed by atoms with van der Waals surface area (Å²) in [6.45, 7) is 1.66. The van der Waals surface area contributed by atoms with Crippen LogP contribution in [0.4, 0.5) is 4.39 Å². The van der Waals surface area contributed by atoms with Crippen LogP contribution in [0.3, 0.4) is 0 Å². The molecular formula is C12H14FNO2. The maximum absolute atomic E-state index is 12.9. The van der Waals surface area contributed by atoms with Crippen molar-refractivity contribution in [2.75, 3.05) is 0 Å². The number of carbonyl (C=O) groups is 1. The molecule has 1 unspecified atom stereocenters. The van der Waals surface area contributed by atoms with E-state index in [0.717, 1.165) is 12.8 Å². The number of hydrogen-bond donors (Lipinski definition) is 1. The fourth-order valence-corrected chi connectivity index (χ4v) is 1.34. The van der Waals surface area contributed by atoms with E-state index in [2.05, 4.69) is 5.32 Å². The molecule has 16 heavy (non-hydrogen) atoms. The molecule has 1 aliphatic rings. The zero-order valence-corrected chi connectivity index (χ0v) is 9.07. The molecule has 1 aliphatic carbocycles. The van der Waals surface area contributed by atoms with E-state index in [1.54, 1.807) is 19.1 Å². The van der Waals surface area contributed by atoms with Crippen LogP contribution in [0.5, 0.6) is 5.75 Å². The second-order valence-electron chi connectivity index (χ2n) is 4.00. The van der Waals surface area contributed by atoms with Gasteiger partial charge in [-0.1, -0.05) is 6.07 Å². The number of nitrogens with one attached hydrogen (secondary N) is 1. The van der Waals surface area contributed by atoms with Gasteiger partial charge in [0.2, 0.25) is 0 Å². The first kappa shape index (κ1) is 10.9. The Hall–Kier alpha value is -1.58. The number of amides is 1. The monoisotopic (exact) mass is 223 g/mol. The lowest BCUT2D eigenvalue weighted by Gasteiger charge is -2.14. The molecule has 1 saturated carbocycles. The van der Waals surface area contributed by atoms with Gasteiger partial charge in [-0.05, 0) is 31.9 Å². The second kappa shape index (κ2) is 4.51. The van der Waals surface area contributed by atoms with Gasteiger partial charge < -0.3 is 10.1 Å². The van der Waals surface area contributed by atoms with Crippen molar-refractivity contribution >= 4 is 5.91 Å². The quantitative estimate of drug-likeness (QED) is 0.846. The minimum Gasteiger partial charge on any atom is -0.481 e. The zero-order chi connectivity index (χ0) is 11.5. The molecule has 1 amide bonds. The molecule has 3 nitrogen and oxygen atoms in total. The van der Waals surface area contributed by atoms with Gasteiger partial charge in [-0.15, -0.1) is 0 Å². The standard InChI is InChI=1S/C12H14FNO2/c1-8(12(15)14-10-5-6-10)16-11-4-2-3-9(13)7-11/h2-4,7-8,10H,5-6H2,1H3,(H,14,15). The maximum atomic E-state index is 12.9. The van der Waals surface area contributed by atoms with Gasteiger partial charge in [0, 0.05) is 12.1 Å². The smallest absolute Gasteiger partial charge is 0.260 e. The first-order valence-corrected chi connectivity index (χ1v) is 5.38. The van der Waals surface area contributed by atoms with E-state index in [1.165, 1.54) is 12.1 Å². The number of benzene rings is 1. The predicted octanol–water partition coefficient (Wildman–Crippen LogP) is 1.87. The number of halogens is 1. The molecule has 2 rings (SSSR count). The molecule has 1 N–H and O–H groups in total. The van der Waals surface area contributed by atoms with Crippen LogP contribution in [0.1, 0.15) is 19.8 Å². The van der Waals surface area contributed by atoms with Crippen LogP contribution in [0.15, 0.2) is 24.3 Å². The Morgan fingerprint density at radius 2 is 2.31 bits per heavy atom. The lowest BCUT2D eigenvalue weighted by molar-refractivity contribution is -0.127. The highest BCUT2D eigenvalue weighted by Gasteiger charge is 2.26. The molecule has 1 fully saturated rings. The van der Waals surface area contributed by atoms with Crippen molar-refractivity contribution in [2.45, 2.75) is 31.9 Å². The SMILES string of the molecule is CC(Oc1cccc(F)c1)C(=O)NC1CC1. The molecule has 0 radical (unpaired) electrons. The van der Waals surface area contributed by atoms with E-state index in [-0.39, 0.29) is 11.7 Å². The normalized spacial score (nSPS) is 16.6. The Balaban J connectivity index is 1.90. The van der Waals surface area contributed by atoms with Crippen molar-refractivity contribution in [3.8, 4) is 5.75 Å². The summed E-state index contributed by atoms with van der Waals surface area (Å²) in [6, 6.07) is 6.09. The Morgan fingerprint density at radius 3 is 2.94 bits per heavy atom. The van der Waals surface area contributed by atoms with E-state index in [4.69, 9.17) is 4.74 Å². The molecule has 0 aromatic heterocycles. The third-order valence-corrected chi connectivity index (χ3v) is 2.40. The van der Waals surface area contributed by atoms with Gasteiger partial charge in [-0.25, -0.2) is 4.39 Å². The summed E-state index contributed by atoms with van der Waals surface area (Å²) in [5, 5.41) is 2.83. The summed E-state index contributed by atoms with van der Waals surface area (Å²) < 4.78 is 18.2. The van der Waals surface area contributed by atoms with Crippen LogP contribution in [0.25, 0.3) is 0 Å². The second-order valence-corrected chi connectivity index (χ2v) is 4.00. The van der Waals surface area contributed by atoms with Gasteiger partial charge in [0.1, 0.15) is 11.6 Å². The van der Waals surface area contributed by atoms with Gasteiger partial charge in [0.05, 0.1) is 0 Å². The minimum absolute atomic E-state index is 0.147. The molecule has 0 saturated heterocycles. The summed E-state index contributed by atoms with van der Waals surface area (Å²) >= 11 is 0. The molecule has 4 heteroatoms. The van der Waals surface area contributed by atoms with Crippen molar-refractivity contribution in [1.82, 2.24) is 5.32 Å². The highest BCUT2D eigenvalue weighted by Crippen LogP contribution is 2.19. The Labute approximate surface area is 93.6 Å². The third kappa shape index (κ3) is 2.95.